The number of hydrogen-bond donors (Lipinski definition) is 4. The maximum absolute atomic E-state index is 12.9. The molecule has 4 aromatic heterocycles. The summed E-state index contributed by atoms with van der Waals surface area (Å²) in [5, 5.41) is 18.5. The number of H-pyrrole nitrogens is 2. The van der Waals surface area contributed by atoms with Crippen molar-refractivity contribution in [1.82, 2.24) is 30.8 Å². The SMILES string of the molecule is CC1=CC(NC(=O)CC2CCNCC2)=CC(c2cnc3n[nH]c(-c4cc5c(-c6cccs6)cccc5[nH]4)c3c2)=CC1. The molecule has 4 N–H and O–H groups in total. The van der Waals surface area contributed by atoms with Gasteiger partial charge in [-0.25, -0.2) is 4.98 Å². The summed E-state index contributed by atoms with van der Waals surface area (Å²) in [4.78, 5) is 22.4. The maximum atomic E-state index is 12.9. The molecule has 1 aromatic carbocycles. The molecule has 1 saturated heterocycles. The predicted octanol–water partition coefficient (Wildman–Crippen LogP) is 6.96. The first kappa shape index (κ1) is 25.7. The Morgan fingerprint density at radius 2 is 2.00 bits per heavy atom. The van der Waals surface area contributed by atoms with Gasteiger partial charge in [0, 0.05) is 50.6 Å². The lowest BCUT2D eigenvalue weighted by Gasteiger charge is -2.22. The first-order valence-corrected chi connectivity index (χ1v) is 15.1. The summed E-state index contributed by atoms with van der Waals surface area (Å²) < 4.78 is 0. The Balaban J connectivity index is 1.20. The Labute approximate surface area is 242 Å². The monoisotopic (exact) mass is 560 g/mol. The van der Waals surface area contributed by atoms with Gasteiger partial charge in [0.2, 0.25) is 5.91 Å². The number of nitrogens with zero attached hydrogens (tertiary/aromatic N) is 2. The van der Waals surface area contributed by atoms with Crippen molar-refractivity contribution in [1.29, 1.82) is 0 Å². The summed E-state index contributed by atoms with van der Waals surface area (Å²) in [5.74, 6) is 0.528. The lowest BCUT2D eigenvalue weighted by molar-refractivity contribution is -0.121. The number of amides is 1. The first-order chi connectivity index (χ1) is 20.1. The molecule has 5 heterocycles. The highest BCUT2D eigenvalue weighted by atomic mass is 32.1. The number of fused-ring (bicyclic) bond motifs is 2. The zero-order chi connectivity index (χ0) is 27.8. The highest BCUT2D eigenvalue weighted by molar-refractivity contribution is 7.13. The van der Waals surface area contributed by atoms with Crippen molar-refractivity contribution < 1.29 is 4.79 Å². The molecule has 0 radical (unpaired) electrons. The molecule has 7 rings (SSSR count). The molecule has 1 aliphatic carbocycles. The van der Waals surface area contributed by atoms with E-state index in [9.17, 15) is 4.79 Å². The first-order valence-electron chi connectivity index (χ1n) is 14.2. The molecule has 0 bridgehead atoms. The highest BCUT2D eigenvalue weighted by Gasteiger charge is 2.19. The molecular weight excluding hydrogens is 528 g/mol. The van der Waals surface area contributed by atoms with Crippen LogP contribution in [-0.2, 0) is 4.79 Å². The maximum Gasteiger partial charge on any atom is 0.224 e. The lowest BCUT2D eigenvalue weighted by Crippen LogP contribution is -2.31. The smallest absolute Gasteiger partial charge is 0.224 e. The van der Waals surface area contributed by atoms with Gasteiger partial charge >= 0.3 is 0 Å². The fraction of sp³-hybridized carbons (Fsp3) is 0.242. The van der Waals surface area contributed by atoms with Crippen LogP contribution in [0.25, 0.3) is 49.3 Å². The molecule has 41 heavy (non-hydrogen) atoms. The number of nitrogens with one attached hydrogen (secondary N) is 4. The summed E-state index contributed by atoms with van der Waals surface area (Å²) in [6, 6.07) is 14.9. The van der Waals surface area contributed by atoms with Gasteiger partial charge in [-0.3, -0.25) is 9.89 Å². The topological polar surface area (TPSA) is 98.5 Å². The Kier molecular flexibility index (Phi) is 6.86. The second-order valence-corrected chi connectivity index (χ2v) is 12.0. The normalized spacial score (nSPS) is 16.4. The van der Waals surface area contributed by atoms with Crippen LogP contribution in [0.5, 0.6) is 0 Å². The number of rotatable bonds is 6. The van der Waals surface area contributed by atoms with E-state index in [0.717, 1.165) is 71.5 Å². The summed E-state index contributed by atoms with van der Waals surface area (Å²) in [6.07, 6.45) is 11.7. The van der Waals surface area contributed by atoms with Crippen molar-refractivity contribution in [2.75, 3.05) is 13.1 Å². The van der Waals surface area contributed by atoms with Crippen LogP contribution in [0.4, 0.5) is 0 Å². The number of piperidine rings is 1. The van der Waals surface area contributed by atoms with Gasteiger partial charge < -0.3 is 15.6 Å². The molecule has 0 atom stereocenters. The predicted molar refractivity (Wildman–Crippen MR) is 167 cm³/mol. The molecule has 1 aliphatic heterocycles. The van der Waals surface area contributed by atoms with Gasteiger partial charge in [0.15, 0.2) is 5.65 Å². The summed E-state index contributed by atoms with van der Waals surface area (Å²) in [7, 11) is 0. The van der Waals surface area contributed by atoms with Crippen molar-refractivity contribution >= 4 is 44.8 Å². The number of carbonyl (C=O) groups is 1. The van der Waals surface area contributed by atoms with Crippen LogP contribution in [0.2, 0.25) is 0 Å². The van der Waals surface area contributed by atoms with E-state index in [4.69, 9.17) is 4.98 Å². The number of aromatic nitrogens is 4. The standard InChI is InChI=1S/C33H32N6OS/c1-20-7-8-22(16-24(14-20)36-31(40)15-21-9-11-34-12-10-21)23-17-27-32(38-39-33(27)35-19-23)29-18-26-25(30-6-3-13-41-30)4-2-5-28(26)37-29/h2-6,8,13-14,16-19,21,34,37H,7,9-12,15H2,1H3,(H,36,40)(H,35,38,39). The number of aromatic amines is 2. The number of thiophene rings is 1. The summed E-state index contributed by atoms with van der Waals surface area (Å²) >= 11 is 1.74. The van der Waals surface area contributed by atoms with E-state index in [1.807, 2.05) is 6.20 Å². The number of pyridine rings is 1. The summed E-state index contributed by atoms with van der Waals surface area (Å²) in [5.41, 5.74) is 8.90. The third kappa shape index (κ3) is 5.28. The van der Waals surface area contributed by atoms with Gasteiger partial charge in [0.05, 0.1) is 11.4 Å². The number of hydrogen-bond acceptors (Lipinski definition) is 5. The van der Waals surface area contributed by atoms with E-state index in [0.29, 0.717) is 18.0 Å². The minimum absolute atomic E-state index is 0.0832. The average molecular weight is 561 g/mol. The second kappa shape index (κ2) is 11.0. The fourth-order valence-electron chi connectivity index (χ4n) is 5.90. The zero-order valence-corrected chi connectivity index (χ0v) is 23.8. The molecule has 5 aromatic rings. The van der Waals surface area contributed by atoms with E-state index in [2.05, 4.69) is 98.8 Å². The molecule has 1 amide bonds. The molecule has 206 valence electrons. The molecule has 0 saturated carbocycles. The van der Waals surface area contributed by atoms with E-state index in [1.165, 1.54) is 21.4 Å². The minimum Gasteiger partial charge on any atom is -0.353 e. The largest absolute Gasteiger partial charge is 0.353 e. The number of carbonyl (C=O) groups excluding carboxylic acids is 1. The molecule has 2 aliphatic rings. The van der Waals surface area contributed by atoms with Gasteiger partial charge in [-0.05, 0) is 92.6 Å². The van der Waals surface area contributed by atoms with E-state index < -0.39 is 0 Å². The Morgan fingerprint density at radius 1 is 1.10 bits per heavy atom. The highest BCUT2D eigenvalue weighted by Crippen LogP contribution is 2.36. The molecule has 8 heteroatoms. The van der Waals surface area contributed by atoms with Gasteiger partial charge in [-0.2, -0.15) is 5.10 Å². The fourth-order valence-corrected chi connectivity index (χ4v) is 6.66. The van der Waals surface area contributed by atoms with E-state index >= 15 is 0 Å². The molecule has 1 fully saturated rings. The van der Waals surface area contributed by atoms with Crippen LogP contribution in [0.1, 0.15) is 38.2 Å². The zero-order valence-electron chi connectivity index (χ0n) is 23.0. The Hall–Kier alpha value is -4.27. The Morgan fingerprint density at radius 3 is 2.85 bits per heavy atom. The van der Waals surface area contributed by atoms with Crippen LogP contribution in [0.3, 0.4) is 0 Å². The van der Waals surface area contributed by atoms with Crippen LogP contribution in [-0.4, -0.2) is 39.2 Å². The van der Waals surface area contributed by atoms with Crippen LogP contribution >= 0.6 is 11.3 Å². The second-order valence-electron chi connectivity index (χ2n) is 11.0. The third-order valence-corrected chi connectivity index (χ3v) is 8.94. The van der Waals surface area contributed by atoms with E-state index in [-0.39, 0.29) is 5.91 Å². The van der Waals surface area contributed by atoms with Crippen LogP contribution in [0.15, 0.2) is 83.5 Å². The van der Waals surface area contributed by atoms with Crippen molar-refractivity contribution in [3.05, 3.63) is 89.1 Å². The van der Waals surface area contributed by atoms with Crippen molar-refractivity contribution in [2.45, 2.75) is 32.6 Å². The number of allylic oxidation sites excluding steroid dienone is 5. The molecule has 0 spiro atoms. The van der Waals surface area contributed by atoms with Gasteiger partial charge in [0.25, 0.3) is 0 Å². The van der Waals surface area contributed by atoms with Crippen LogP contribution < -0.4 is 10.6 Å². The molecule has 7 nitrogen and oxygen atoms in total. The lowest BCUT2D eigenvalue weighted by atomic mass is 9.94. The Bertz CT molecular complexity index is 1830. The van der Waals surface area contributed by atoms with Gasteiger partial charge in [-0.1, -0.05) is 29.8 Å². The van der Waals surface area contributed by atoms with Crippen molar-refractivity contribution in [3.8, 4) is 21.8 Å². The number of benzene rings is 1. The quantitative estimate of drug-likeness (QED) is 0.180. The van der Waals surface area contributed by atoms with Crippen molar-refractivity contribution in [2.24, 2.45) is 5.92 Å². The van der Waals surface area contributed by atoms with Crippen molar-refractivity contribution in [3.63, 3.8) is 0 Å². The molecule has 0 unspecified atom stereocenters. The summed E-state index contributed by atoms with van der Waals surface area (Å²) in [6.45, 7) is 4.08. The van der Waals surface area contributed by atoms with Crippen LogP contribution in [0, 0.1) is 5.92 Å². The van der Waals surface area contributed by atoms with Gasteiger partial charge in [-0.15, -0.1) is 11.3 Å². The minimum atomic E-state index is 0.0832. The average Bonchev–Trinajstić information content (AvgIpc) is 3.72. The van der Waals surface area contributed by atoms with E-state index in [1.54, 1.807) is 11.3 Å². The van der Waals surface area contributed by atoms with Gasteiger partial charge in [0.1, 0.15) is 0 Å². The molecular formula is C33H32N6OS. The third-order valence-electron chi connectivity index (χ3n) is 8.04.